The van der Waals surface area contributed by atoms with Crippen LogP contribution in [0.15, 0.2) is 48.7 Å². The molecule has 2 N–H and O–H groups in total. The van der Waals surface area contributed by atoms with E-state index in [1.807, 2.05) is 11.6 Å². The molecule has 2 aromatic carbocycles. The molecule has 1 aromatic heterocycles. The molecule has 3 heteroatoms. The van der Waals surface area contributed by atoms with Crippen molar-refractivity contribution in [3.05, 3.63) is 59.8 Å². The van der Waals surface area contributed by atoms with E-state index in [4.69, 9.17) is 5.73 Å². The Morgan fingerprint density at radius 3 is 2.61 bits per heavy atom. The maximum Gasteiger partial charge on any atom is 0.124 e. The maximum absolute atomic E-state index is 5.96. The molecule has 0 amide bonds. The van der Waals surface area contributed by atoms with Crippen molar-refractivity contribution in [1.29, 1.82) is 0 Å². The summed E-state index contributed by atoms with van der Waals surface area (Å²) in [4.78, 5) is 0. The van der Waals surface area contributed by atoms with E-state index in [-0.39, 0.29) is 0 Å². The average Bonchev–Trinajstić information content (AvgIpc) is 2.71. The van der Waals surface area contributed by atoms with Gasteiger partial charge in [-0.2, -0.15) is 5.10 Å². The summed E-state index contributed by atoms with van der Waals surface area (Å²) in [5, 5.41) is 6.79. The first kappa shape index (κ1) is 10.8. The summed E-state index contributed by atoms with van der Waals surface area (Å²) in [5.41, 5.74) is 8.20. The quantitative estimate of drug-likeness (QED) is 0.744. The molecule has 1 heterocycles. The van der Waals surface area contributed by atoms with Gasteiger partial charge in [0.15, 0.2) is 0 Å². The second-order valence-corrected chi connectivity index (χ2v) is 4.55. The molecule has 0 unspecified atom stereocenters. The Morgan fingerprint density at radius 1 is 1.11 bits per heavy atom. The van der Waals surface area contributed by atoms with E-state index in [1.54, 1.807) is 6.20 Å². The first-order valence-corrected chi connectivity index (χ1v) is 5.99. The minimum absolute atomic E-state index is 0.713. The topological polar surface area (TPSA) is 43.8 Å². The van der Waals surface area contributed by atoms with Crippen LogP contribution in [0.4, 0.5) is 5.82 Å². The highest BCUT2D eigenvalue weighted by molar-refractivity contribution is 5.82. The molecule has 0 fully saturated rings. The molecule has 0 aliphatic heterocycles. The Morgan fingerprint density at radius 2 is 1.89 bits per heavy atom. The average molecular weight is 237 g/mol. The lowest BCUT2D eigenvalue weighted by Crippen LogP contribution is -2.06. The van der Waals surface area contributed by atoms with Crippen LogP contribution < -0.4 is 5.73 Å². The fraction of sp³-hybridized carbons (Fsp3) is 0.133. The van der Waals surface area contributed by atoms with E-state index in [2.05, 4.69) is 47.6 Å². The molecule has 0 bridgehead atoms. The maximum atomic E-state index is 5.96. The van der Waals surface area contributed by atoms with Crippen LogP contribution in [0.25, 0.3) is 10.8 Å². The summed E-state index contributed by atoms with van der Waals surface area (Å²) in [6.45, 7) is 2.68. The molecule has 0 saturated carbocycles. The van der Waals surface area contributed by atoms with Crippen molar-refractivity contribution in [2.75, 3.05) is 5.73 Å². The Hall–Kier alpha value is -2.29. The van der Waals surface area contributed by atoms with Gasteiger partial charge >= 0.3 is 0 Å². The molecular formula is C15H15N3. The van der Waals surface area contributed by atoms with Crippen LogP contribution in [0.2, 0.25) is 0 Å². The number of fused-ring (bicyclic) bond motifs is 1. The molecular weight excluding hydrogens is 222 g/mol. The van der Waals surface area contributed by atoms with E-state index in [0.717, 1.165) is 11.4 Å². The molecule has 3 nitrogen and oxygen atoms in total. The van der Waals surface area contributed by atoms with Crippen molar-refractivity contribution in [3.8, 4) is 0 Å². The van der Waals surface area contributed by atoms with Crippen LogP contribution in [-0.4, -0.2) is 9.78 Å². The van der Waals surface area contributed by atoms with Crippen molar-refractivity contribution in [1.82, 2.24) is 9.78 Å². The van der Waals surface area contributed by atoms with Crippen LogP contribution in [0.3, 0.4) is 0 Å². The van der Waals surface area contributed by atoms with Gasteiger partial charge in [-0.05, 0) is 29.3 Å². The van der Waals surface area contributed by atoms with E-state index in [1.165, 1.54) is 16.3 Å². The molecule has 90 valence electrons. The minimum atomic E-state index is 0.713. The van der Waals surface area contributed by atoms with E-state index < -0.39 is 0 Å². The van der Waals surface area contributed by atoms with Gasteiger partial charge in [-0.15, -0.1) is 0 Å². The SMILES string of the molecule is Cc1cnn(Cc2ccc3ccccc3c2)c1N. The highest BCUT2D eigenvalue weighted by atomic mass is 15.3. The second-order valence-electron chi connectivity index (χ2n) is 4.55. The van der Waals surface area contributed by atoms with E-state index in [0.29, 0.717) is 6.54 Å². The summed E-state index contributed by atoms with van der Waals surface area (Å²) < 4.78 is 1.83. The van der Waals surface area contributed by atoms with Crippen molar-refractivity contribution in [2.45, 2.75) is 13.5 Å². The first-order valence-electron chi connectivity index (χ1n) is 5.99. The minimum Gasteiger partial charge on any atom is -0.384 e. The van der Waals surface area contributed by atoms with Crippen LogP contribution in [-0.2, 0) is 6.54 Å². The van der Waals surface area contributed by atoms with Crippen LogP contribution in [0.1, 0.15) is 11.1 Å². The van der Waals surface area contributed by atoms with Crippen molar-refractivity contribution >= 4 is 16.6 Å². The zero-order valence-corrected chi connectivity index (χ0v) is 10.3. The van der Waals surface area contributed by atoms with E-state index in [9.17, 15) is 0 Å². The van der Waals surface area contributed by atoms with Gasteiger partial charge in [0, 0.05) is 5.56 Å². The molecule has 3 aromatic rings. The van der Waals surface area contributed by atoms with Gasteiger partial charge in [0.25, 0.3) is 0 Å². The molecule has 0 saturated heterocycles. The number of nitrogens with two attached hydrogens (primary N) is 1. The molecule has 0 aliphatic carbocycles. The fourth-order valence-electron chi connectivity index (χ4n) is 2.12. The lowest BCUT2D eigenvalue weighted by molar-refractivity contribution is 0.697. The molecule has 18 heavy (non-hydrogen) atoms. The van der Waals surface area contributed by atoms with Crippen LogP contribution in [0, 0.1) is 6.92 Å². The van der Waals surface area contributed by atoms with Crippen LogP contribution in [0.5, 0.6) is 0 Å². The van der Waals surface area contributed by atoms with Gasteiger partial charge < -0.3 is 5.73 Å². The summed E-state index contributed by atoms with van der Waals surface area (Å²) in [5.74, 6) is 0.739. The van der Waals surface area contributed by atoms with Gasteiger partial charge in [0.1, 0.15) is 5.82 Å². The first-order chi connectivity index (χ1) is 8.74. The van der Waals surface area contributed by atoms with Gasteiger partial charge in [0.2, 0.25) is 0 Å². The predicted octanol–water partition coefficient (Wildman–Crippen LogP) is 2.98. The fourth-order valence-corrected chi connectivity index (χ4v) is 2.12. The number of aryl methyl sites for hydroxylation is 1. The molecule has 0 spiro atoms. The zero-order chi connectivity index (χ0) is 12.5. The zero-order valence-electron chi connectivity index (χ0n) is 10.3. The van der Waals surface area contributed by atoms with Crippen LogP contribution >= 0.6 is 0 Å². The summed E-state index contributed by atoms with van der Waals surface area (Å²) >= 11 is 0. The monoisotopic (exact) mass is 237 g/mol. The van der Waals surface area contributed by atoms with Gasteiger partial charge in [-0.1, -0.05) is 36.4 Å². The van der Waals surface area contributed by atoms with Gasteiger partial charge in [0.05, 0.1) is 12.7 Å². The number of rotatable bonds is 2. The molecule has 0 atom stereocenters. The van der Waals surface area contributed by atoms with Gasteiger partial charge in [-0.25, -0.2) is 4.68 Å². The molecule has 0 aliphatic rings. The second kappa shape index (κ2) is 4.18. The Balaban J connectivity index is 1.98. The van der Waals surface area contributed by atoms with Crippen molar-refractivity contribution < 1.29 is 0 Å². The lowest BCUT2D eigenvalue weighted by Gasteiger charge is -2.06. The number of nitrogens with zero attached hydrogens (tertiary/aromatic N) is 2. The summed E-state index contributed by atoms with van der Waals surface area (Å²) in [7, 11) is 0. The Bertz CT molecular complexity index is 698. The normalized spacial score (nSPS) is 10.9. The summed E-state index contributed by atoms with van der Waals surface area (Å²) in [6.07, 6.45) is 1.80. The number of hydrogen-bond acceptors (Lipinski definition) is 2. The molecule has 3 rings (SSSR count). The third kappa shape index (κ3) is 1.84. The van der Waals surface area contributed by atoms with Crippen molar-refractivity contribution in [3.63, 3.8) is 0 Å². The number of anilines is 1. The largest absolute Gasteiger partial charge is 0.384 e. The number of nitrogen functional groups attached to an aromatic ring is 1. The Labute approximate surface area is 106 Å². The highest BCUT2D eigenvalue weighted by Crippen LogP contribution is 2.17. The standard InChI is InChI=1S/C15H15N3/c1-11-9-17-18(15(11)16)10-12-6-7-13-4-2-3-5-14(13)8-12/h2-9H,10,16H2,1H3. The van der Waals surface area contributed by atoms with Gasteiger partial charge in [-0.3, -0.25) is 0 Å². The number of hydrogen-bond donors (Lipinski definition) is 1. The Kier molecular flexibility index (Phi) is 2.52. The predicted molar refractivity (Wildman–Crippen MR) is 74.4 cm³/mol. The smallest absolute Gasteiger partial charge is 0.124 e. The lowest BCUT2D eigenvalue weighted by atomic mass is 10.1. The van der Waals surface area contributed by atoms with E-state index >= 15 is 0 Å². The third-order valence-corrected chi connectivity index (χ3v) is 3.22. The summed E-state index contributed by atoms with van der Waals surface area (Å²) in [6, 6.07) is 14.8. The number of benzene rings is 2. The highest BCUT2D eigenvalue weighted by Gasteiger charge is 2.04. The van der Waals surface area contributed by atoms with Crippen molar-refractivity contribution in [2.24, 2.45) is 0 Å². The molecule has 0 radical (unpaired) electrons. The number of aromatic nitrogens is 2. The third-order valence-electron chi connectivity index (χ3n) is 3.22.